The Hall–Kier alpha value is -1.90. The summed E-state index contributed by atoms with van der Waals surface area (Å²) in [5.41, 5.74) is 3.89. The topological polar surface area (TPSA) is 36.8 Å². The first-order valence-electron chi connectivity index (χ1n) is 7.89. The predicted molar refractivity (Wildman–Crippen MR) is 101 cm³/mol. The quantitative estimate of drug-likeness (QED) is 0.641. The number of benzene rings is 1. The van der Waals surface area contributed by atoms with Crippen molar-refractivity contribution in [1.29, 1.82) is 0 Å². The van der Waals surface area contributed by atoms with Crippen LogP contribution in [0, 0.1) is 0 Å². The molecule has 0 aliphatic carbocycles. The lowest BCUT2D eigenvalue weighted by Gasteiger charge is -2.15. The van der Waals surface area contributed by atoms with Gasteiger partial charge < -0.3 is 5.32 Å². The summed E-state index contributed by atoms with van der Waals surface area (Å²) in [6.07, 6.45) is 5.92. The summed E-state index contributed by atoms with van der Waals surface area (Å²) in [4.78, 5) is 8.31. The van der Waals surface area contributed by atoms with Crippen molar-refractivity contribution in [2.75, 3.05) is 11.9 Å². The van der Waals surface area contributed by atoms with Crippen molar-refractivity contribution in [2.45, 2.75) is 48.5 Å². The maximum Gasteiger partial charge on any atom is 0.0974 e. The van der Waals surface area contributed by atoms with Gasteiger partial charge in [0.1, 0.15) is 0 Å². The van der Waals surface area contributed by atoms with Crippen LogP contribution in [0.15, 0.2) is 28.2 Å². The third-order valence-electron chi connectivity index (χ3n) is 2.32. The van der Waals surface area contributed by atoms with Crippen LogP contribution in [0.4, 0.5) is 17.1 Å². The minimum atomic E-state index is 0.820. The summed E-state index contributed by atoms with van der Waals surface area (Å²) in [6.45, 7) is 18.3. The van der Waals surface area contributed by atoms with Crippen molar-refractivity contribution in [3.05, 3.63) is 23.8 Å². The first kappa shape index (κ1) is 21.4. The molecule has 1 N–H and O–H groups in total. The Balaban J connectivity index is 0. The van der Waals surface area contributed by atoms with Gasteiger partial charge in [-0.05, 0) is 25.8 Å². The van der Waals surface area contributed by atoms with E-state index in [4.69, 9.17) is 0 Å². The highest BCUT2D eigenvalue weighted by atomic mass is 14.9. The lowest BCUT2D eigenvalue weighted by atomic mass is 10.1. The Bertz CT molecular complexity index is 446. The molecule has 0 atom stereocenters. The highest BCUT2D eigenvalue weighted by molar-refractivity contribution is 5.87. The largest absolute Gasteiger partial charge is 0.381 e. The SMILES string of the molecule is C=Nc1ccc2c(c1N=CC)C=CCN2.CC.CC.CC. The average molecular weight is 289 g/mol. The highest BCUT2D eigenvalue weighted by Gasteiger charge is 2.11. The maximum absolute atomic E-state index is 4.34. The fourth-order valence-electron chi connectivity index (χ4n) is 1.66. The second-order valence-corrected chi connectivity index (χ2v) is 3.22. The number of aliphatic imine (C=N–C) groups is 2. The molecule has 1 aliphatic rings. The summed E-state index contributed by atoms with van der Waals surface area (Å²) < 4.78 is 0. The lowest BCUT2D eigenvalue weighted by molar-refractivity contribution is 1.30. The molecule has 0 aromatic heterocycles. The normalized spacial score (nSPS) is 10.6. The molecule has 0 spiro atoms. The van der Waals surface area contributed by atoms with Gasteiger partial charge >= 0.3 is 0 Å². The number of nitrogens with one attached hydrogen (secondary N) is 1. The number of anilines is 1. The molecule has 1 aromatic carbocycles. The van der Waals surface area contributed by atoms with E-state index in [1.807, 2.05) is 60.6 Å². The maximum atomic E-state index is 4.34. The number of rotatable bonds is 2. The zero-order valence-electron chi connectivity index (χ0n) is 14.7. The first-order valence-corrected chi connectivity index (χ1v) is 7.89. The van der Waals surface area contributed by atoms with Crippen molar-refractivity contribution in [1.82, 2.24) is 0 Å². The van der Waals surface area contributed by atoms with E-state index in [-0.39, 0.29) is 0 Å². The van der Waals surface area contributed by atoms with Gasteiger partial charge in [-0.3, -0.25) is 9.98 Å². The van der Waals surface area contributed by atoms with Crippen molar-refractivity contribution in [3.8, 4) is 0 Å². The van der Waals surface area contributed by atoms with Gasteiger partial charge in [-0.2, -0.15) is 0 Å². The van der Waals surface area contributed by atoms with E-state index < -0.39 is 0 Å². The smallest absolute Gasteiger partial charge is 0.0974 e. The fraction of sp³-hybridized carbons (Fsp3) is 0.444. The Morgan fingerprint density at radius 3 is 2.24 bits per heavy atom. The number of hydrogen-bond donors (Lipinski definition) is 1. The van der Waals surface area contributed by atoms with Gasteiger partial charge in [0, 0.05) is 24.0 Å². The molecule has 0 amide bonds. The summed E-state index contributed by atoms with van der Waals surface area (Å²) in [5.74, 6) is 0. The number of hydrogen-bond acceptors (Lipinski definition) is 3. The van der Waals surface area contributed by atoms with Crippen LogP contribution in [-0.2, 0) is 0 Å². The standard InChI is InChI=1S/C12H13N3.3C2H6/c1-3-14-12-9-5-4-8-15-10(9)6-7-11(12)13-2;3*1-2/h3-7,15H,2,8H2,1H3;3*1-2H3. The molecule has 0 saturated heterocycles. The van der Waals surface area contributed by atoms with Gasteiger partial charge in [-0.15, -0.1) is 0 Å². The molecule has 118 valence electrons. The second kappa shape index (κ2) is 14.5. The van der Waals surface area contributed by atoms with Gasteiger partial charge in [-0.25, -0.2) is 0 Å². The Morgan fingerprint density at radius 2 is 1.71 bits per heavy atom. The molecule has 0 unspecified atom stereocenters. The third-order valence-corrected chi connectivity index (χ3v) is 2.32. The summed E-state index contributed by atoms with van der Waals surface area (Å²) in [5, 5.41) is 3.29. The van der Waals surface area contributed by atoms with Crippen molar-refractivity contribution in [3.63, 3.8) is 0 Å². The molecule has 1 heterocycles. The van der Waals surface area contributed by atoms with E-state index in [0.717, 1.165) is 29.2 Å². The predicted octanol–water partition coefficient (Wildman–Crippen LogP) is 6.26. The molecule has 3 heteroatoms. The van der Waals surface area contributed by atoms with Gasteiger partial charge in [-0.1, -0.05) is 53.7 Å². The van der Waals surface area contributed by atoms with Crippen LogP contribution in [-0.4, -0.2) is 19.5 Å². The Morgan fingerprint density at radius 1 is 1.10 bits per heavy atom. The molecule has 1 aliphatic heterocycles. The Kier molecular flexibility index (Phi) is 14.8. The molecule has 2 rings (SSSR count). The van der Waals surface area contributed by atoms with Crippen molar-refractivity contribution in [2.24, 2.45) is 9.98 Å². The summed E-state index contributed by atoms with van der Waals surface area (Å²) >= 11 is 0. The zero-order chi connectivity index (χ0) is 16.7. The van der Waals surface area contributed by atoms with Crippen molar-refractivity contribution >= 4 is 36.1 Å². The van der Waals surface area contributed by atoms with Crippen LogP contribution < -0.4 is 5.32 Å². The van der Waals surface area contributed by atoms with Crippen LogP contribution in [0.3, 0.4) is 0 Å². The lowest BCUT2D eigenvalue weighted by Crippen LogP contribution is -2.04. The van der Waals surface area contributed by atoms with Crippen LogP contribution in [0.2, 0.25) is 0 Å². The van der Waals surface area contributed by atoms with Crippen LogP contribution in [0.25, 0.3) is 6.08 Å². The molecule has 0 saturated carbocycles. The molecular formula is C18H31N3. The van der Waals surface area contributed by atoms with E-state index >= 15 is 0 Å². The third kappa shape index (κ3) is 6.39. The van der Waals surface area contributed by atoms with Gasteiger partial charge in [0.05, 0.1) is 11.4 Å². The number of fused-ring (bicyclic) bond motifs is 1. The van der Waals surface area contributed by atoms with Gasteiger partial charge in [0.2, 0.25) is 0 Å². The molecule has 0 bridgehead atoms. The zero-order valence-corrected chi connectivity index (χ0v) is 14.7. The molecular weight excluding hydrogens is 258 g/mol. The summed E-state index contributed by atoms with van der Waals surface area (Å²) in [7, 11) is 0. The average Bonchev–Trinajstić information content (AvgIpc) is 2.61. The van der Waals surface area contributed by atoms with Crippen molar-refractivity contribution < 1.29 is 0 Å². The van der Waals surface area contributed by atoms with Gasteiger partial charge in [0.25, 0.3) is 0 Å². The van der Waals surface area contributed by atoms with Gasteiger partial charge in [0.15, 0.2) is 0 Å². The molecule has 1 aromatic rings. The van der Waals surface area contributed by atoms with E-state index in [0.29, 0.717) is 0 Å². The fourth-order valence-corrected chi connectivity index (χ4v) is 1.66. The van der Waals surface area contributed by atoms with E-state index in [1.54, 1.807) is 6.21 Å². The summed E-state index contributed by atoms with van der Waals surface area (Å²) in [6, 6.07) is 3.94. The number of nitrogens with zero attached hydrogens (tertiary/aromatic N) is 2. The molecule has 3 nitrogen and oxygen atoms in total. The second-order valence-electron chi connectivity index (χ2n) is 3.22. The highest BCUT2D eigenvalue weighted by Crippen LogP contribution is 2.38. The van der Waals surface area contributed by atoms with Crippen LogP contribution in [0.1, 0.15) is 54.0 Å². The monoisotopic (exact) mass is 289 g/mol. The minimum Gasteiger partial charge on any atom is -0.381 e. The minimum absolute atomic E-state index is 0.820. The van der Waals surface area contributed by atoms with E-state index in [1.165, 1.54) is 0 Å². The van der Waals surface area contributed by atoms with Crippen LogP contribution >= 0.6 is 0 Å². The Labute approximate surface area is 130 Å². The molecule has 21 heavy (non-hydrogen) atoms. The van der Waals surface area contributed by atoms with Crippen LogP contribution in [0.5, 0.6) is 0 Å². The van der Waals surface area contributed by atoms with E-state index in [2.05, 4.69) is 34.2 Å². The van der Waals surface area contributed by atoms with E-state index in [9.17, 15) is 0 Å². The molecule has 0 fully saturated rings. The molecule has 0 radical (unpaired) electrons. The first-order chi connectivity index (χ1) is 10.4.